The van der Waals surface area contributed by atoms with Gasteiger partial charge in [0, 0.05) is 19.1 Å². The highest BCUT2D eigenvalue weighted by Crippen LogP contribution is 2.17. The molecule has 1 heterocycles. The molecule has 1 fully saturated rings. The van der Waals surface area contributed by atoms with Crippen molar-refractivity contribution in [2.45, 2.75) is 32.9 Å². The molecule has 1 aromatic rings. The van der Waals surface area contributed by atoms with Crippen LogP contribution in [0.1, 0.15) is 31.0 Å². The Labute approximate surface area is 121 Å². The molecule has 1 aliphatic heterocycles. The van der Waals surface area contributed by atoms with Crippen LogP contribution < -0.4 is 5.32 Å². The first-order valence-corrected chi connectivity index (χ1v) is 7.27. The summed E-state index contributed by atoms with van der Waals surface area (Å²) in [6.45, 7) is 8.82. The second-order valence-corrected chi connectivity index (χ2v) is 5.40. The van der Waals surface area contributed by atoms with Crippen molar-refractivity contribution < 1.29 is 9.53 Å². The Morgan fingerprint density at radius 2 is 1.90 bits per heavy atom. The van der Waals surface area contributed by atoms with Crippen molar-refractivity contribution in [1.29, 1.82) is 0 Å². The molecule has 4 nitrogen and oxygen atoms in total. The summed E-state index contributed by atoms with van der Waals surface area (Å²) in [4.78, 5) is 14.2. The summed E-state index contributed by atoms with van der Waals surface area (Å²) in [7, 11) is 0. The quantitative estimate of drug-likeness (QED) is 0.913. The van der Waals surface area contributed by atoms with Crippen LogP contribution in [0.3, 0.4) is 0 Å². The van der Waals surface area contributed by atoms with Gasteiger partial charge in [-0.15, -0.1) is 0 Å². The first kappa shape index (κ1) is 15.0. The number of nitrogens with zero attached hydrogens (tertiary/aromatic N) is 1. The van der Waals surface area contributed by atoms with Crippen molar-refractivity contribution in [3.05, 3.63) is 35.4 Å². The van der Waals surface area contributed by atoms with Crippen molar-refractivity contribution in [3.63, 3.8) is 0 Å². The molecule has 2 atom stereocenters. The van der Waals surface area contributed by atoms with Crippen LogP contribution in [0.25, 0.3) is 0 Å². The minimum absolute atomic E-state index is 0.161. The number of ether oxygens (including phenoxy) is 1. The molecule has 0 unspecified atom stereocenters. The molecule has 0 saturated carbocycles. The van der Waals surface area contributed by atoms with E-state index in [0.717, 1.165) is 0 Å². The van der Waals surface area contributed by atoms with Crippen LogP contribution >= 0.6 is 0 Å². The fourth-order valence-corrected chi connectivity index (χ4v) is 2.67. The number of benzene rings is 1. The third kappa shape index (κ3) is 3.58. The average Bonchev–Trinajstić information content (AvgIpc) is 2.47. The summed E-state index contributed by atoms with van der Waals surface area (Å²) in [6, 6.07) is 8.27. The molecule has 0 bridgehead atoms. The number of carbonyl (C=O) groups is 1. The second kappa shape index (κ2) is 6.86. The van der Waals surface area contributed by atoms with E-state index in [2.05, 4.69) is 31.3 Å². The Morgan fingerprint density at radius 3 is 2.55 bits per heavy atom. The zero-order chi connectivity index (χ0) is 14.5. The maximum absolute atomic E-state index is 12.4. The van der Waals surface area contributed by atoms with E-state index in [4.69, 9.17) is 4.74 Å². The van der Waals surface area contributed by atoms with Crippen molar-refractivity contribution in [2.24, 2.45) is 0 Å². The van der Waals surface area contributed by atoms with Gasteiger partial charge >= 0.3 is 0 Å². The maximum atomic E-state index is 12.4. The minimum atomic E-state index is -0.178. The molecule has 1 N–H and O–H groups in total. The van der Waals surface area contributed by atoms with E-state index in [0.29, 0.717) is 26.3 Å². The topological polar surface area (TPSA) is 41.6 Å². The molecule has 20 heavy (non-hydrogen) atoms. The standard InChI is InChI=1S/C16H24N2O2/c1-12-6-4-5-7-15(12)13(2)17-14(3)16(19)18-8-10-20-11-9-18/h4-7,13-14,17H,8-11H2,1-3H3/t13-,14+/m1/s1. The summed E-state index contributed by atoms with van der Waals surface area (Å²) in [5.41, 5.74) is 2.49. The molecule has 2 rings (SSSR count). The Morgan fingerprint density at radius 1 is 1.25 bits per heavy atom. The number of amides is 1. The summed E-state index contributed by atoms with van der Waals surface area (Å²) in [5.74, 6) is 0.161. The summed E-state index contributed by atoms with van der Waals surface area (Å²) in [6.07, 6.45) is 0. The first-order chi connectivity index (χ1) is 9.59. The number of nitrogens with one attached hydrogen (secondary N) is 1. The van der Waals surface area contributed by atoms with E-state index in [1.165, 1.54) is 11.1 Å². The molecule has 0 aliphatic carbocycles. The molecule has 4 heteroatoms. The largest absolute Gasteiger partial charge is 0.378 e. The van der Waals surface area contributed by atoms with E-state index < -0.39 is 0 Å². The lowest BCUT2D eigenvalue weighted by atomic mass is 10.0. The molecular formula is C16H24N2O2. The molecule has 1 saturated heterocycles. The number of hydrogen-bond donors (Lipinski definition) is 1. The van der Waals surface area contributed by atoms with Crippen LogP contribution in [0.15, 0.2) is 24.3 Å². The monoisotopic (exact) mass is 276 g/mol. The van der Waals surface area contributed by atoms with Crippen LogP contribution in [-0.2, 0) is 9.53 Å². The van der Waals surface area contributed by atoms with Gasteiger partial charge in [0.05, 0.1) is 19.3 Å². The lowest BCUT2D eigenvalue weighted by molar-refractivity contribution is -0.137. The van der Waals surface area contributed by atoms with E-state index >= 15 is 0 Å². The SMILES string of the molecule is Cc1ccccc1[C@@H](C)N[C@@H](C)C(=O)N1CCOCC1. The molecule has 0 aromatic heterocycles. The van der Waals surface area contributed by atoms with E-state index in [1.807, 2.05) is 24.0 Å². The lowest BCUT2D eigenvalue weighted by Crippen LogP contribution is -2.49. The van der Waals surface area contributed by atoms with E-state index in [9.17, 15) is 4.79 Å². The van der Waals surface area contributed by atoms with Crippen molar-refractivity contribution in [1.82, 2.24) is 10.2 Å². The number of aryl methyl sites for hydroxylation is 1. The third-order valence-corrected chi connectivity index (χ3v) is 3.85. The Hall–Kier alpha value is -1.39. The normalized spacial score (nSPS) is 18.6. The fourth-order valence-electron chi connectivity index (χ4n) is 2.67. The van der Waals surface area contributed by atoms with Gasteiger partial charge < -0.3 is 9.64 Å². The van der Waals surface area contributed by atoms with Crippen LogP contribution in [0.2, 0.25) is 0 Å². The highest BCUT2D eigenvalue weighted by Gasteiger charge is 2.23. The van der Waals surface area contributed by atoms with Crippen molar-refractivity contribution in [3.8, 4) is 0 Å². The maximum Gasteiger partial charge on any atom is 0.239 e. The van der Waals surface area contributed by atoms with Gasteiger partial charge in [-0.2, -0.15) is 0 Å². The van der Waals surface area contributed by atoms with Gasteiger partial charge in [0.25, 0.3) is 0 Å². The Kier molecular flexibility index (Phi) is 5.15. The fraction of sp³-hybridized carbons (Fsp3) is 0.562. The number of hydrogen-bond acceptors (Lipinski definition) is 3. The highest BCUT2D eigenvalue weighted by molar-refractivity contribution is 5.81. The van der Waals surface area contributed by atoms with Gasteiger partial charge in [-0.3, -0.25) is 10.1 Å². The van der Waals surface area contributed by atoms with Crippen LogP contribution in [0, 0.1) is 6.92 Å². The number of carbonyl (C=O) groups excluding carboxylic acids is 1. The zero-order valence-corrected chi connectivity index (χ0v) is 12.6. The van der Waals surface area contributed by atoms with Gasteiger partial charge in [-0.05, 0) is 31.9 Å². The Bertz CT molecular complexity index is 456. The van der Waals surface area contributed by atoms with Gasteiger partial charge in [0.2, 0.25) is 5.91 Å². The average molecular weight is 276 g/mol. The second-order valence-electron chi connectivity index (χ2n) is 5.40. The first-order valence-electron chi connectivity index (χ1n) is 7.27. The molecule has 1 amide bonds. The highest BCUT2D eigenvalue weighted by atomic mass is 16.5. The van der Waals surface area contributed by atoms with Crippen LogP contribution in [0.5, 0.6) is 0 Å². The molecule has 1 aromatic carbocycles. The van der Waals surface area contributed by atoms with E-state index in [1.54, 1.807) is 0 Å². The number of rotatable bonds is 4. The third-order valence-electron chi connectivity index (χ3n) is 3.85. The minimum Gasteiger partial charge on any atom is -0.378 e. The lowest BCUT2D eigenvalue weighted by Gasteiger charge is -2.30. The molecule has 0 spiro atoms. The zero-order valence-electron chi connectivity index (χ0n) is 12.6. The smallest absolute Gasteiger partial charge is 0.239 e. The summed E-state index contributed by atoms with van der Waals surface area (Å²) in [5, 5.41) is 3.40. The molecular weight excluding hydrogens is 252 g/mol. The molecule has 110 valence electrons. The summed E-state index contributed by atoms with van der Waals surface area (Å²) < 4.78 is 5.28. The van der Waals surface area contributed by atoms with Crippen LogP contribution in [-0.4, -0.2) is 43.2 Å². The van der Waals surface area contributed by atoms with Gasteiger partial charge in [0.15, 0.2) is 0 Å². The van der Waals surface area contributed by atoms with Crippen molar-refractivity contribution >= 4 is 5.91 Å². The molecule has 0 radical (unpaired) electrons. The number of morpholine rings is 1. The van der Waals surface area contributed by atoms with Gasteiger partial charge in [-0.1, -0.05) is 24.3 Å². The van der Waals surface area contributed by atoms with Gasteiger partial charge in [-0.25, -0.2) is 0 Å². The van der Waals surface area contributed by atoms with Crippen molar-refractivity contribution in [2.75, 3.05) is 26.3 Å². The summed E-state index contributed by atoms with van der Waals surface area (Å²) >= 11 is 0. The van der Waals surface area contributed by atoms with E-state index in [-0.39, 0.29) is 18.0 Å². The Balaban J connectivity index is 1.95. The predicted octanol–water partition coefficient (Wildman–Crippen LogP) is 1.89. The van der Waals surface area contributed by atoms with Gasteiger partial charge in [0.1, 0.15) is 0 Å². The molecule has 1 aliphatic rings. The van der Waals surface area contributed by atoms with Crippen LogP contribution in [0.4, 0.5) is 0 Å². The predicted molar refractivity (Wildman–Crippen MR) is 79.6 cm³/mol.